The van der Waals surface area contributed by atoms with Crippen LogP contribution in [0.1, 0.15) is 19.4 Å². The molecule has 1 rings (SSSR count). The minimum Gasteiger partial charge on any atom is -0.396 e. The van der Waals surface area contributed by atoms with Crippen LogP contribution >= 0.6 is 11.6 Å². The molecule has 0 atom stereocenters. The predicted octanol–water partition coefficient (Wildman–Crippen LogP) is 2.64. The van der Waals surface area contributed by atoms with E-state index in [1.807, 2.05) is 26.0 Å². The van der Waals surface area contributed by atoms with Crippen LogP contribution in [0.3, 0.4) is 0 Å². The molecular formula is C12H15ClN2O. The van der Waals surface area contributed by atoms with E-state index < -0.39 is 0 Å². The third-order valence-electron chi connectivity index (χ3n) is 2.29. The lowest BCUT2D eigenvalue weighted by Gasteiger charge is -2.22. The van der Waals surface area contributed by atoms with Crippen molar-refractivity contribution in [3.63, 3.8) is 0 Å². The lowest BCUT2D eigenvalue weighted by atomic mass is 9.95. The molecule has 4 heteroatoms. The molecule has 0 unspecified atom stereocenters. The second-order valence-electron chi connectivity index (χ2n) is 4.48. The Labute approximate surface area is 101 Å². The van der Waals surface area contributed by atoms with E-state index in [0.29, 0.717) is 17.1 Å². The number of hydrogen-bond donors (Lipinski definition) is 2. The molecule has 2 N–H and O–H groups in total. The summed E-state index contributed by atoms with van der Waals surface area (Å²) in [7, 11) is 0. The zero-order valence-corrected chi connectivity index (χ0v) is 10.2. The topological polar surface area (TPSA) is 56.0 Å². The van der Waals surface area contributed by atoms with Crippen LogP contribution in [0.2, 0.25) is 5.02 Å². The first-order valence-corrected chi connectivity index (χ1v) is 5.41. The zero-order valence-electron chi connectivity index (χ0n) is 9.42. The van der Waals surface area contributed by atoms with E-state index in [1.54, 1.807) is 12.1 Å². The summed E-state index contributed by atoms with van der Waals surface area (Å²) in [6.45, 7) is 4.66. The standard InChI is InChI=1S/C12H15ClN2O/c1-12(2,8-16)7-15-10-3-4-11(13)9(5-10)6-14/h3-5,15-16H,7-8H2,1-2H3. The maximum absolute atomic E-state index is 9.10. The summed E-state index contributed by atoms with van der Waals surface area (Å²) < 4.78 is 0. The molecule has 0 fully saturated rings. The zero-order chi connectivity index (χ0) is 12.2. The Morgan fingerprint density at radius 1 is 1.50 bits per heavy atom. The predicted molar refractivity (Wildman–Crippen MR) is 65.5 cm³/mol. The number of anilines is 1. The summed E-state index contributed by atoms with van der Waals surface area (Å²) in [5.74, 6) is 0. The molecule has 0 aromatic heterocycles. The Kier molecular flexibility index (Phi) is 4.17. The molecule has 1 aromatic carbocycles. The molecule has 0 saturated carbocycles. The van der Waals surface area contributed by atoms with E-state index in [-0.39, 0.29) is 12.0 Å². The fraction of sp³-hybridized carbons (Fsp3) is 0.417. The van der Waals surface area contributed by atoms with Gasteiger partial charge in [-0.3, -0.25) is 0 Å². The Bertz CT molecular complexity index is 410. The maximum Gasteiger partial charge on any atom is 0.101 e. The van der Waals surface area contributed by atoms with E-state index in [4.69, 9.17) is 22.0 Å². The van der Waals surface area contributed by atoms with E-state index in [9.17, 15) is 0 Å². The lowest BCUT2D eigenvalue weighted by molar-refractivity contribution is 0.171. The van der Waals surface area contributed by atoms with Gasteiger partial charge in [0.15, 0.2) is 0 Å². The van der Waals surface area contributed by atoms with E-state index >= 15 is 0 Å². The third kappa shape index (κ3) is 3.41. The Morgan fingerprint density at radius 2 is 2.19 bits per heavy atom. The van der Waals surface area contributed by atoms with Crippen molar-refractivity contribution in [1.29, 1.82) is 5.26 Å². The average molecular weight is 239 g/mol. The smallest absolute Gasteiger partial charge is 0.101 e. The number of aliphatic hydroxyl groups excluding tert-OH is 1. The van der Waals surface area contributed by atoms with Crippen LogP contribution < -0.4 is 5.32 Å². The molecule has 0 aliphatic carbocycles. The van der Waals surface area contributed by atoms with Crippen molar-refractivity contribution in [2.75, 3.05) is 18.5 Å². The number of nitriles is 1. The van der Waals surface area contributed by atoms with E-state index in [2.05, 4.69) is 5.32 Å². The number of nitrogens with one attached hydrogen (secondary N) is 1. The second kappa shape index (κ2) is 5.20. The van der Waals surface area contributed by atoms with Gasteiger partial charge in [0.25, 0.3) is 0 Å². The summed E-state index contributed by atoms with van der Waals surface area (Å²) in [4.78, 5) is 0. The van der Waals surface area contributed by atoms with Gasteiger partial charge in [0.1, 0.15) is 6.07 Å². The first-order valence-electron chi connectivity index (χ1n) is 5.03. The molecule has 0 saturated heterocycles. The molecule has 86 valence electrons. The highest BCUT2D eigenvalue weighted by Gasteiger charge is 2.15. The van der Waals surface area contributed by atoms with E-state index in [1.165, 1.54) is 0 Å². The molecule has 0 radical (unpaired) electrons. The summed E-state index contributed by atoms with van der Waals surface area (Å²) in [5.41, 5.74) is 1.10. The molecule has 0 heterocycles. The van der Waals surface area contributed by atoms with Gasteiger partial charge >= 0.3 is 0 Å². The number of hydrogen-bond acceptors (Lipinski definition) is 3. The molecule has 0 spiro atoms. The highest BCUT2D eigenvalue weighted by Crippen LogP contribution is 2.21. The summed E-state index contributed by atoms with van der Waals surface area (Å²) in [6.07, 6.45) is 0. The van der Waals surface area contributed by atoms with Gasteiger partial charge in [0.05, 0.1) is 10.6 Å². The van der Waals surface area contributed by atoms with Crippen LogP contribution in [0, 0.1) is 16.7 Å². The molecule has 3 nitrogen and oxygen atoms in total. The Morgan fingerprint density at radius 3 is 2.75 bits per heavy atom. The van der Waals surface area contributed by atoms with Gasteiger partial charge in [-0.1, -0.05) is 25.4 Å². The van der Waals surface area contributed by atoms with Crippen LogP contribution in [0.25, 0.3) is 0 Å². The summed E-state index contributed by atoms with van der Waals surface area (Å²) >= 11 is 5.82. The summed E-state index contributed by atoms with van der Waals surface area (Å²) in [6, 6.07) is 7.23. The number of nitrogens with zero attached hydrogens (tertiary/aromatic N) is 1. The van der Waals surface area contributed by atoms with Gasteiger partial charge in [-0.05, 0) is 18.2 Å². The van der Waals surface area contributed by atoms with Gasteiger partial charge in [-0.15, -0.1) is 0 Å². The van der Waals surface area contributed by atoms with Crippen LogP contribution in [-0.4, -0.2) is 18.3 Å². The van der Waals surface area contributed by atoms with Gasteiger partial charge in [0, 0.05) is 24.3 Å². The van der Waals surface area contributed by atoms with Gasteiger partial charge < -0.3 is 10.4 Å². The quantitative estimate of drug-likeness (QED) is 0.848. The fourth-order valence-corrected chi connectivity index (χ4v) is 1.28. The van der Waals surface area contributed by atoms with Crippen molar-refractivity contribution < 1.29 is 5.11 Å². The SMILES string of the molecule is CC(C)(CO)CNc1ccc(Cl)c(C#N)c1. The first-order chi connectivity index (χ1) is 7.48. The molecular weight excluding hydrogens is 224 g/mol. The minimum absolute atomic E-state index is 0.110. The van der Waals surface area contributed by atoms with Crippen molar-refractivity contribution >= 4 is 17.3 Å². The molecule has 0 aliphatic rings. The number of aliphatic hydroxyl groups is 1. The second-order valence-corrected chi connectivity index (χ2v) is 4.89. The highest BCUT2D eigenvalue weighted by atomic mass is 35.5. The van der Waals surface area contributed by atoms with E-state index in [0.717, 1.165) is 5.69 Å². The van der Waals surface area contributed by atoms with Crippen LogP contribution in [0.5, 0.6) is 0 Å². The highest BCUT2D eigenvalue weighted by molar-refractivity contribution is 6.31. The van der Waals surface area contributed by atoms with Crippen molar-refractivity contribution in [2.45, 2.75) is 13.8 Å². The fourth-order valence-electron chi connectivity index (χ4n) is 1.12. The number of halogens is 1. The number of benzene rings is 1. The largest absolute Gasteiger partial charge is 0.396 e. The molecule has 0 bridgehead atoms. The minimum atomic E-state index is -0.188. The third-order valence-corrected chi connectivity index (χ3v) is 2.62. The lowest BCUT2D eigenvalue weighted by Crippen LogP contribution is -2.26. The maximum atomic E-state index is 9.10. The van der Waals surface area contributed by atoms with Gasteiger partial charge in [0.2, 0.25) is 0 Å². The van der Waals surface area contributed by atoms with Crippen molar-refractivity contribution in [2.24, 2.45) is 5.41 Å². The van der Waals surface area contributed by atoms with Crippen molar-refractivity contribution in [1.82, 2.24) is 0 Å². The molecule has 0 amide bonds. The first kappa shape index (κ1) is 12.8. The number of rotatable bonds is 4. The monoisotopic (exact) mass is 238 g/mol. The average Bonchev–Trinajstić information content (AvgIpc) is 2.28. The van der Waals surface area contributed by atoms with Crippen LogP contribution in [0.4, 0.5) is 5.69 Å². The van der Waals surface area contributed by atoms with Gasteiger partial charge in [-0.25, -0.2) is 0 Å². The van der Waals surface area contributed by atoms with Crippen LogP contribution in [-0.2, 0) is 0 Å². The van der Waals surface area contributed by atoms with Crippen LogP contribution in [0.15, 0.2) is 18.2 Å². The molecule has 0 aliphatic heterocycles. The van der Waals surface area contributed by atoms with Crippen molar-refractivity contribution in [3.05, 3.63) is 28.8 Å². The summed E-state index contributed by atoms with van der Waals surface area (Å²) in [5, 5.41) is 21.5. The molecule has 16 heavy (non-hydrogen) atoms. The Hall–Kier alpha value is -1.24. The van der Waals surface area contributed by atoms with Gasteiger partial charge in [-0.2, -0.15) is 5.26 Å². The Balaban J connectivity index is 2.73. The molecule has 1 aromatic rings. The van der Waals surface area contributed by atoms with Crippen molar-refractivity contribution in [3.8, 4) is 6.07 Å². The normalized spacial score (nSPS) is 10.9.